The second kappa shape index (κ2) is 5.35. The summed E-state index contributed by atoms with van der Waals surface area (Å²) in [5, 5.41) is 8.46. The van der Waals surface area contributed by atoms with Crippen molar-refractivity contribution in [2.75, 3.05) is 5.75 Å². The van der Waals surface area contributed by atoms with Crippen LogP contribution in [0.25, 0.3) is 0 Å². The summed E-state index contributed by atoms with van der Waals surface area (Å²) >= 11 is 1.23. The molecule has 1 amide bonds. The van der Waals surface area contributed by atoms with Gasteiger partial charge in [0.2, 0.25) is 6.54 Å². The molecule has 1 aromatic heterocycles. The molecule has 0 aromatic carbocycles. The lowest BCUT2D eigenvalue weighted by atomic mass is 10.4. The quantitative estimate of drug-likeness (QED) is 0.531. The predicted octanol–water partition coefficient (Wildman–Crippen LogP) is -0.364. The minimum absolute atomic E-state index is 0.0276. The second-order valence-electron chi connectivity index (χ2n) is 2.85. The van der Waals surface area contributed by atoms with E-state index in [-0.39, 0.29) is 12.3 Å². The number of rotatable bonds is 5. The summed E-state index contributed by atoms with van der Waals surface area (Å²) in [6.45, 7) is 0.129. The van der Waals surface area contributed by atoms with Crippen LogP contribution >= 0.6 is 11.8 Å². The number of hydrogen-bond acceptors (Lipinski definition) is 3. The van der Waals surface area contributed by atoms with Crippen LogP contribution < -0.4 is 10.3 Å². The first-order chi connectivity index (χ1) is 7.08. The third kappa shape index (κ3) is 4.46. The summed E-state index contributed by atoms with van der Waals surface area (Å²) in [5.41, 5.74) is 5.02. The molecule has 0 spiro atoms. The summed E-state index contributed by atoms with van der Waals surface area (Å²) in [5.74, 6) is -1.24. The maximum atomic E-state index is 10.6. The van der Waals surface area contributed by atoms with Gasteiger partial charge in [-0.15, -0.1) is 11.8 Å². The number of nitrogens with two attached hydrogens (primary N) is 1. The van der Waals surface area contributed by atoms with Crippen LogP contribution in [0, 0.1) is 0 Å². The molecule has 3 N–H and O–H groups in total. The SMILES string of the molecule is NC(=O)C[n+]1ccc(SCC(=O)O)cc1. The van der Waals surface area contributed by atoms with Crippen LogP contribution in [-0.2, 0) is 16.1 Å². The zero-order valence-electron chi connectivity index (χ0n) is 7.92. The Hall–Kier alpha value is -1.56. The fraction of sp³-hybridized carbons (Fsp3) is 0.222. The standard InChI is InChI=1S/C9H10N2O3S/c10-8(12)5-11-3-1-7(2-4-11)15-6-9(13)14/h1-4H,5-6H2,(H2-,10,12,13,14)/p+1. The fourth-order valence-corrected chi connectivity index (χ4v) is 1.57. The van der Waals surface area contributed by atoms with Gasteiger partial charge < -0.3 is 10.8 Å². The summed E-state index contributed by atoms with van der Waals surface area (Å²) in [6.07, 6.45) is 3.38. The Kier molecular flexibility index (Phi) is 4.11. The summed E-state index contributed by atoms with van der Waals surface area (Å²) in [4.78, 5) is 21.7. The largest absolute Gasteiger partial charge is 0.481 e. The van der Waals surface area contributed by atoms with E-state index in [1.807, 2.05) is 0 Å². The lowest BCUT2D eigenvalue weighted by molar-refractivity contribution is -0.684. The van der Waals surface area contributed by atoms with E-state index in [4.69, 9.17) is 10.8 Å². The lowest BCUT2D eigenvalue weighted by Gasteiger charge is -1.97. The number of aromatic nitrogens is 1. The number of carbonyl (C=O) groups is 2. The molecule has 1 aromatic rings. The molecule has 0 radical (unpaired) electrons. The minimum atomic E-state index is -0.853. The Balaban J connectivity index is 2.56. The average Bonchev–Trinajstić information content (AvgIpc) is 2.16. The average molecular weight is 227 g/mol. The highest BCUT2D eigenvalue weighted by Crippen LogP contribution is 2.14. The molecule has 80 valence electrons. The van der Waals surface area contributed by atoms with Crippen molar-refractivity contribution in [3.63, 3.8) is 0 Å². The molecule has 0 aliphatic carbocycles. The zero-order valence-corrected chi connectivity index (χ0v) is 8.74. The number of aliphatic carboxylic acids is 1. The van der Waals surface area contributed by atoms with Gasteiger partial charge in [-0.2, -0.15) is 4.57 Å². The third-order valence-corrected chi connectivity index (χ3v) is 2.56. The molecule has 1 heterocycles. The van der Waals surface area contributed by atoms with Crippen LogP contribution in [0.4, 0.5) is 0 Å². The van der Waals surface area contributed by atoms with Gasteiger partial charge >= 0.3 is 5.97 Å². The summed E-state index contributed by atoms with van der Waals surface area (Å²) < 4.78 is 1.63. The number of primary amides is 1. The van der Waals surface area contributed by atoms with Crippen LogP contribution in [0.1, 0.15) is 0 Å². The zero-order chi connectivity index (χ0) is 11.3. The van der Waals surface area contributed by atoms with E-state index in [9.17, 15) is 9.59 Å². The van der Waals surface area contributed by atoms with E-state index in [2.05, 4.69) is 0 Å². The molecular formula is C9H11N2O3S+. The number of carbonyl (C=O) groups excluding carboxylic acids is 1. The molecule has 0 atom stereocenters. The smallest absolute Gasteiger partial charge is 0.313 e. The van der Waals surface area contributed by atoms with Crippen LogP contribution in [0.15, 0.2) is 29.4 Å². The number of amides is 1. The Bertz CT molecular complexity index is 364. The van der Waals surface area contributed by atoms with Gasteiger partial charge in [-0.1, -0.05) is 0 Å². The number of carboxylic acid groups (broad SMARTS) is 1. The van der Waals surface area contributed by atoms with Crippen molar-refractivity contribution >= 4 is 23.6 Å². The van der Waals surface area contributed by atoms with Crippen molar-refractivity contribution in [3.8, 4) is 0 Å². The second-order valence-corrected chi connectivity index (χ2v) is 3.90. The Morgan fingerprint density at radius 3 is 2.47 bits per heavy atom. The van der Waals surface area contributed by atoms with Gasteiger partial charge in [0.1, 0.15) is 0 Å². The van der Waals surface area contributed by atoms with Crippen molar-refractivity contribution in [2.45, 2.75) is 11.4 Å². The first-order valence-corrected chi connectivity index (χ1v) is 5.18. The molecule has 0 fully saturated rings. The predicted molar refractivity (Wildman–Crippen MR) is 54.2 cm³/mol. The molecule has 1 rings (SSSR count). The first-order valence-electron chi connectivity index (χ1n) is 4.20. The Morgan fingerprint density at radius 2 is 2.00 bits per heavy atom. The molecule has 0 unspecified atom stereocenters. The minimum Gasteiger partial charge on any atom is -0.481 e. The molecule has 6 heteroatoms. The van der Waals surface area contributed by atoms with Crippen LogP contribution in [0.2, 0.25) is 0 Å². The Morgan fingerprint density at radius 1 is 1.40 bits per heavy atom. The lowest BCUT2D eigenvalue weighted by Crippen LogP contribution is -2.39. The Labute approximate surface area is 90.9 Å². The number of nitrogens with zero attached hydrogens (tertiary/aromatic N) is 1. The van der Waals surface area contributed by atoms with Crippen molar-refractivity contribution in [1.82, 2.24) is 0 Å². The summed E-state index contributed by atoms with van der Waals surface area (Å²) in [7, 11) is 0. The monoisotopic (exact) mass is 227 g/mol. The molecule has 0 saturated carbocycles. The van der Waals surface area contributed by atoms with Gasteiger partial charge in [-0.25, -0.2) is 0 Å². The van der Waals surface area contributed by atoms with Crippen molar-refractivity contribution in [2.24, 2.45) is 5.73 Å². The number of hydrogen-bond donors (Lipinski definition) is 2. The fourth-order valence-electron chi connectivity index (χ4n) is 0.970. The van der Waals surface area contributed by atoms with Crippen molar-refractivity contribution in [3.05, 3.63) is 24.5 Å². The van der Waals surface area contributed by atoms with E-state index in [1.54, 1.807) is 29.1 Å². The normalized spacial score (nSPS) is 9.87. The van der Waals surface area contributed by atoms with E-state index in [1.165, 1.54) is 11.8 Å². The van der Waals surface area contributed by atoms with Gasteiger partial charge in [0.15, 0.2) is 12.4 Å². The topological polar surface area (TPSA) is 84.3 Å². The number of thioether (sulfide) groups is 1. The van der Waals surface area contributed by atoms with Crippen LogP contribution in [-0.4, -0.2) is 22.7 Å². The van der Waals surface area contributed by atoms with Crippen molar-refractivity contribution in [1.29, 1.82) is 0 Å². The maximum Gasteiger partial charge on any atom is 0.313 e. The molecule has 0 saturated heterocycles. The van der Waals surface area contributed by atoms with Gasteiger partial charge in [0, 0.05) is 17.0 Å². The molecule has 0 aliphatic rings. The molecule has 15 heavy (non-hydrogen) atoms. The molecular weight excluding hydrogens is 216 g/mol. The first kappa shape index (κ1) is 11.5. The van der Waals surface area contributed by atoms with Gasteiger partial charge in [0.25, 0.3) is 5.91 Å². The van der Waals surface area contributed by atoms with Gasteiger partial charge in [-0.3, -0.25) is 9.59 Å². The highest BCUT2D eigenvalue weighted by atomic mass is 32.2. The van der Waals surface area contributed by atoms with Crippen LogP contribution in [0.3, 0.4) is 0 Å². The highest BCUT2D eigenvalue weighted by Gasteiger charge is 2.05. The highest BCUT2D eigenvalue weighted by molar-refractivity contribution is 8.00. The third-order valence-electron chi connectivity index (χ3n) is 1.56. The molecule has 0 bridgehead atoms. The summed E-state index contributed by atoms with van der Waals surface area (Å²) in [6, 6.07) is 3.49. The molecule has 0 aliphatic heterocycles. The number of carboxylic acids is 1. The van der Waals surface area contributed by atoms with Crippen LogP contribution in [0.5, 0.6) is 0 Å². The van der Waals surface area contributed by atoms with E-state index in [0.717, 1.165) is 4.90 Å². The van der Waals surface area contributed by atoms with E-state index >= 15 is 0 Å². The molecule has 5 nitrogen and oxygen atoms in total. The number of pyridine rings is 1. The van der Waals surface area contributed by atoms with Crippen molar-refractivity contribution < 1.29 is 19.3 Å². The van der Waals surface area contributed by atoms with Gasteiger partial charge in [0.05, 0.1) is 5.75 Å². The van der Waals surface area contributed by atoms with E-state index < -0.39 is 11.9 Å². The van der Waals surface area contributed by atoms with E-state index in [0.29, 0.717) is 0 Å². The maximum absolute atomic E-state index is 10.6. The van der Waals surface area contributed by atoms with Gasteiger partial charge in [-0.05, 0) is 0 Å².